The van der Waals surface area contributed by atoms with Crippen LogP contribution in [0.15, 0.2) is 42.5 Å². The molecule has 0 N–H and O–H groups in total. The van der Waals surface area contributed by atoms with Crippen LogP contribution >= 0.6 is 11.3 Å². The van der Waals surface area contributed by atoms with E-state index in [4.69, 9.17) is 0 Å². The number of benzene rings is 2. The quantitative estimate of drug-likeness (QED) is 0.672. The van der Waals surface area contributed by atoms with Crippen molar-refractivity contribution in [1.82, 2.24) is 4.98 Å². The lowest BCUT2D eigenvalue weighted by molar-refractivity contribution is 0.112. The van der Waals surface area contributed by atoms with Gasteiger partial charge in [0, 0.05) is 25.3 Å². The summed E-state index contributed by atoms with van der Waals surface area (Å²) in [5.74, 6) is 0. The van der Waals surface area contributed by atoms with E-state index in [1.54, 1.807) is 11.3 Å². The van der Waals surface area contributed by atoms with Crippen molar-refractivity contribution < 1.29 is 4.79 Å². The molecule has 3 aromatic rings. The van der Waals surface area contributed by atoms with Gasteiger partial charge < -0.3 is 4.90 Å². The first-order valence-electron chi connectivity index (χ1n) is 6.97. The van der Waals surface area contributed by atoms with E-state index < -0.39 is 0 Å². The van der Waals surface area contributed by atoms with Gasteiger partial charge in [-0.25, -0.2) is 4.98 Å². The number of aldehydes is 1. The van der Waals surface area contributed by atoms with Gasteiger partial charge in [-0.2, -0.15) is 0 Å². The average molecular weight is 308 g/mol. The molecule has 0 saturated heterocycles. The molecule has 3 rings (SSSR count). The first kappa shape index (κ1) is 14.5. The molecular weight excluding hydrogens is 292 g/mol. The molecule has 1 aromatic heterocycles. The molecule has 3 nitrogen and oxygen atoms in total. The number of aromatic nitrogens is 1. The van der Waals surface area contributed by atoms with Crippen molar-refractivity contribution in [1.29, 1.82) is 0 Å². The van der Waals surface area contributed by atoms with Gasteiger partial charge in [0.25, 0.3) is 0 Å². The molecule has 0 unspecified atom stereocenters. The largest absolute Gasteiger partial charge is 0.378 e. The van der Waals surface area contributed by atoms with Gasteiger partial charge in [0.05, 0.1) is 10.2 Å². The van der Waals surface area contributed by atoms with Gasteiger partial charge in [0.1, 0.15) is 11.3 Å². The highest BCUT2D eigenvalue weighted by Crippen LogP contribution is 2.27. The number of rotatable bonds is 4. The van der Waals surface area contributed by atoms with Crippen LogP contribution in [0.3, 0.4) is 0 Å². The van der Waals surface area contributed by atoms with Crippen molar-refractivity contribution in [3.05, 3.63) is 58.6 Å². The summed E-state index contributed by atoms with van der Waals surface area (Å²) in [5.41, 5.74) is 3.94. The summed E-state index contributed by atoms with van der Waals surface area (Å²) in [6, 6.07) is 13.8. The maximum absolute atomic E-state index is 10.6. The van der Waals surface area contributed by atoms with E-state index in [-0.39, 0.29) is 0 Å². The van der Waals surface area contributed by atoms with Crippen LogP contribution in [0.4, 0.5) is 5.69 Å². The number of hydrogen-bond donors (Lipinski definition) is 0. The Kier molecular flexibility index (Phi) is 4.02. The smallest absolute Gasteiger partial charge is 0.150 e. The summed E-state index contributed by atoms with van der Waals surface area (Å²) in [4.78, 5) is 17.3. The minimum atomic E-state index is 0.688. The highest BCUT2D eigenvalue weighted by atomic mass is 32.1. The molecule has 0 spiro atoms. The van der Waals surface area contributed by atoms with Crippen molar-refractivity contribution in [3.63, 3.8) is 0 Å². The maximum atomic E-state index is 10.6. The highest BCUT2D eigenvalue weighted by Gasteiger charge is 2.03. The van der Waals surface area contributed by atoms with Crippen LogP contribution in [-0.4, -0.2) is 25.4 Å². The molecule has 22 heavy (non-hydrogen) atoms. The Hall–Kier alpha value is -2.46. The molecule has 0 bridgehead atoms. The fourth-order valence-corrected chi connectivity index (χ4v) is 3.04. The van der Waals surface area contributed by atoms with Crippen molar-refractivity contribution in [3.8, 4) is 0 Å². The van der Waals surface area contributed by atoms with E-state index in [1.807, 2.05) is 50.5 Å². The molecular formula is C18H16N2OS. The number of nitrogens with zero attached hydrogens (tertiary/aromatic N) is 2. The number of thiazole rings is 1. The van der Waals surface area contributed by atoms with Crippen molar-refractivity contribution in [2.45, 2.75) is 0 Å². The van der Waals surface area contributed by atoms with Crippen molar-refractivity contribution in [2.24, 2.45) is 0 Å². The molecule has 0 saturated carbocycles. The second kappa shape index (κ2) is 6.12. The molecule has 0 radical (unpaired) electrons. The summed E-state index contributed by atoms with van der Waals surface area (Å²) in [6.45, 7) is 0. The summed E-state index contributed by atoms with van der Waals surface area (Å²) in [5, 5.41) is 0.977. The van der Waals surface area contributed by atoms with Crippen LogP contribution < -0.4 is 4.90 Å². The van der Waals surface area contributed by atoms with E-state index >= 15 is 0 Å². The van der Waals surface area contributed by atoms with E-state index in [1.165, 1.54) is 10.4 Å². The van der Waals surface area contributed by atoms with E-state index in [0.29, 0.717) is 5.56 Å². The fourth-order valence-electron chi connectivity index (χ4n) is 2.13. The fraction of sp³-hybridized carbons (Fsp3) is 0.111. The SMILES string of the molecule is CN(C)c1ccc2nc(/C=C/c3ccc(C=O)cc3)sc2c1. The molecule has 0 amide bonds. The molecule has 0 aliphatic rings. The van der Waals surface area contributed by atoms with Crippen LogP contribution in [0.1, 0.15) is 20.9 Å². The van der Waals surface area contributed by atoms with E-state index in [2.05, 4.69) is 28.1 Å². The second-order valence-corrected chi connectivity index (χ2v) is 6.28. The third-order valence-corrected chi connectivity index (χ3v) is 4.38. The zero-order chi connectivity index (χ0) is 15.5. The summed E-state index contributed by atoms with van der Waals surface area (Å²) in [6.07, 6.45) is 4.87. The third kappa shape index (κ3) is 3.07. The van der Waals surface area contributed by atoms with Crippen LogP contribution in [-0.2, 0) is 0 Å². The first-order chi connectivity index (χ1) is 10.7. The number of fused-ring (bicyclic) bond motifs is 1. The number of hydrogen-bond acceptors (Lipinski definition) is 4. The minimum absolute atomic E-state index is 0.688. The molecule has 4 heteroatoms. The van der Waals surface area contributed by atoms with Gasteiger partial charge in [-0.15, -0.1) is 11.3 Å². The Morgan fingerprint density at radius 2 is 1.73 bits per heavy atom. The third-order valence-electron chi connectivity index (χ3n) is 3.40. The number of anilines is 1. The van der Waals surface area contributed by atoms with Gasteiger partial charge in [0.2, 0.25) is 0 Å². The summed E-state index contributed by atoms with van der Waals surface area (Å²) < 4.78 is 1.18. The molecule has 2 aromatic carbocycles. The number of carbonyl (C=O) groups excluding carboxylic acids is 1. The zero-order valence-corrected chi connectivity index (χ0v) is 13.3. The van der Waals surface area contributed by atoms with Gasteiger partial charge >= 0.3 is 0 Å². The zero-order valence-electron chi connectivity index (χ0n) is 12.5. The van der Waals surface area contributed by atoms with Gasteiger partial charge in [-0.05, 0) is 29.8 Å². The Balaban J connectivity index is 1.86. The molecule has 0 aliphatic heterocycles. The summed E-state index contributed by atoms with van der Waals surface area (Å²) in [7, 11) is 4.07. The first-order valence-corrected chi connectivity index (χ1v) is 7.78. The predicted molar refractivity (Wildman–Crippen MR) is 94.7 cm³/mol. The van der Waals surface area contributed by atoms with E-state index in [9.17, 15) is 4.79 Å². The summed E-state index contributed by atoms with van der Waals surface area (Å²) >= 11 is 1.67. The van der Waals surface area contributed by atoms with Crippen molar-refractivity contribution in [2.75, 3.05) is 19.0 Å². The predicted octanol–water partition coefficient (Wildman–Crippen LogP) is 4.35. The van der Waals surface area contributed by atoms with Crippen LogP contribution in [0.25, 0.3) is 22.4 Å². The Labute approximate surface area is 133 Å². The second-order valence-electron chi connectivity index (χ2n) is 5.22. The Morgan fingerprint density at radius 1 is 1.00 bits per heavy atom. The van der Waals surface area contributed by atoms with Crippen LogP contribution in [0.5, 0.6) is 0 Å². The average Bonchev–Trinajstić information content (AvgIpc) is 2.95. The standard InChI is InChI=1S/C18H16N2OS/c1-20(2)15-8-9-16-17(11-15)22-18(19-16)10-7-13-3-5-14(12-21)6-4-13/h3-12H,1-2H3/b10-7+. The lowest BCUT2D eigenvalue weighted by Crippen LogP contribution is -2.07. The molecule has 0 aliphatic carbocycles. The van der Waals surface area contributed by atoms with Crippen LogP contribution in [0.2, 0.25) is 0 Å². The molecule has 0 atom stereocenters. The van der Waals surface area contributed by atoms with Gasteiger partial charge in [-0.1, -0.05) is 30.3 Å². The lowest BCUT2D eigenvalue weighted by Gasteiger charge is -2.11. The Morgan fingerprint density at radius 3 is 2.41 bits per heavy atom. The van der Waals surface area contributed by atoms with Crippen LogP contribution in [0, 0.1) is 0 Å². The normalized spacial score (nSPS) is 11.2. The molecule has 1 heterocycles. The molecule has 110 valence electrons. The Bertz CT molecular complexity index is 832. The highest BCUT2D eigenvalue weighted by molar-refractivity contribution is 7.19. The molecule has 0 fully saturated rings. The van der Waals surface area contributed by atoms with E-state index in [0.717, 1.165) is 22.4 Å². The lowest BCUT2D eigenvalue weighted by atomic mass is 10.1. The van der Waals surface area contributed by atoms with Gasteiger partial charge in [0.15, 0.2) is 0 Å². The monoisotopic (exact) mass is 308 g/mol. The topological polar surface area (TPSA) is 33.2 Å². The minimum Gasteiger partial charge on any atom is -0.378 e. The number of carbonyl (C=O) groups is 1. The maximum Gasteiger partial charge on any atom is 0.150 e. The van der Waals surface area contributed by atoms with Gasteiger partial charge in [-0.3, -0.25) is 4.79 Å². The van der Waals surface area contributed by atoms with Crippen molar-refractivity contribution >= 4 is 45.7 Å².